The number of H-pyrrole nitrogens is 1. The van der Waals surface area contributed by atoms with Gasteiger partial charge in [-0.1, -0.05) is 19.0 Å². The van der Waals surface area contributed by atoms with E-state index in [1.165, 1.54) is 5.56 Å². The Hall–Kier alpha value is -2.21. The highest BCUT2D eigenvalue weighted by Gasteiger charge is 2.24. The van der Waals surface area contributed by atoms with Crippen LogP contribution in [-0.4, -0.2) is 28.8 Å². The van der Waals surface area contributed by atoms with E-state index in [1.54, 1.807) is 13.2 Å². The molecule has 1 unspecified atom stereocenters. The molecular weight excluding hydrogens is 318 g/mol. The molecule has 0 saturated carbocycles. The molecule has 0 amide bonds. The van der Waals surface area contributed by atoms with Crippen molar-refractivity contribution in [3.63, 3.8) is 0 Å². The van der Waals surface area contributed by atoms with Gasteiger partial charge >= 0.3 is 0 Å². The van der Waals surface area contributed by atoms with Crippen molar-refractivity contribution in [2.75, 3.05) is 13.7 Å². The van der Waals surface area contributed by atoms with E-state index in [-0.39, 0.29) is 5.56 Å². The summed E-state index contributed by atoms with van der Waals surface area (Å²) in [4.78, 5) is 19.8. The summed E-state index contributed by atoms with van der Waals surface area (Å²) in [6.07, 6.45) is 4.79. The van der Waals surface area contributed by atoms with E-state index in [9.17, 15) is 4.79 Å². The first-order chi connectivity index (χ1) is 12.0. The lowest BCUT2D eigenvalue weighted by atomic mass is 9.80. The second kappa shape index (κ2) is 7.35. The Morgan fingerprint density at radius 3 is 3.04 bits per heavy atom. The Morgan fingerprint density at radius 1 is 1.52 bits per heavy atom. The number of nitrogens with one attached hydrogen (secondary N) is 1. The van der Waals surface area contributed by atoms with Gasteiger partial charge in [0.25, 0.3) is 11.4 Å². The number of ether oxygens (including phenoxy) is 1. The lowest BCUT2D eigenvalue weighted by Crippen LogP contribution is -2.23. The van der Waals surface area contributed by atoms with Crippen molar-refractivity contribution in [1.82, 2.24) is 15.1 Å². The molecule has 1 N–H and O–H groups in total. The van der Waals surface area contributed by atoms with Crippen molar-refractivity contribution in [3.05, 3.63) is 39.1 Å². The lowest BCUT2D eigenvalue weighted by molar-refractivity contribution is 0.226. The summed E-state index contributed by atoms with van der Waals surface area (Å²) in [5.74, 6) is 1.98. The lowest BCUT2D eigenvalue weighted by Gasteiger charge is -2.27. The number of methoxy groups -OCH3 is 1. The van der Waals surface area contributed by atoms with Gasteiger partial charge in [-0.3, -0.25) is 4.79 Å². The van der Waals surface area contributed by atoms with Crippen LogP contribution in [0.5, 0.6) is 0 Å². The molecule has 0 fully saturated rings. The van der Waals surface area contributed by atoms with Crippen LogP contribution in [0.1, 0.15) is 44.3 Å². The topological polar surface area (TPSA) is 81.0 Å². The standard InChI is InChI=1S/C19H25N3O3/c1-11(2)13-5-6-16-14(8-13)9-15(19(23)20-16)18-21-17(25-22-18)7-12(3)10-24-4/h7,9,11,13H,5-6,8,10H2,1-4H3,(H,20,23)/b12-7+. The molecule has 25 heavy (non-hydrogen) atoms. The molecule has 1 aliphatic carbocycles. The third-order valence-electron chi connectivity index (χ3n) is 4.83. The molecule has 6 nitrogen and oxygen atoms in total. The zero-order valence-corrected chi connectivity index (χ0v) is 15.3. The van der Waals surface area contributed by atoms with Crippen LogP contribution in [0, 0.1) is 11.8 Å². The van der Waals surface area contributed by atoms with E-state index in [0.29, 0.717) is 35.7 Å². The van der Waals surface area contributed by atoms with Crippen LogP contribution in [0.2, 0.25) is 0 Å². The van der Waals surface area contributed by atoms with Crippen LogP contribution < -0.4 is 5.56 Å². The molecule has 1 aliphatic rings. The van der Waals surface area contributed by atoms with Crippen LogP contribution in [0.3, 0.4) is 0 Å². The number of fused-ring (bicyclic) bond motifs is 1. The van der Waals surface area contributed by atoms with Gasteiger partial charge in [0.15, 0.2) is 0 Å². The van der Waals surface area contributed by atoms with Gasteiger partial charge in [0, 0.05) is 18.9 Å². The average Bonchev–Trinajstić information content (AvgIpc) is 3.02. The molecule has 0 aromatic carbocycles. The fraction of sp³-hybridized carbons (Fsp3) is 0.526. The fourth-order valence-electron chi connectivity index (χ4n) is 3.35. The summed E-state index contributed by atoms with van der Waals surface area (Å²) in [6.45, 7) is 6.92. The minimum Gasteiger partial charge on any atom is -0.380 e. The van der Waals surface area contributed by atoms with Crippen molar-refractivity contribution in [1.29, 1.82) is 0 Å². The molecule has 2 aromatic rings. The van der Waals surface area contributed by atoms with Crippen LogP contribution in [0.25, 0.3) is 17.5 Å². The minimum absolute atomic E-state index is 0.160. The Bertz CT molecular complexity index is 833. The molecule has 2 heterocycles. The minimum atomic E-state index is -0.160. The number of hydrogen-bond acceptors (Lipinski definition) is 5. The fourth-order valence-corrected chi connectivity index (χ4v) is 3.35. The Kier molecular flexibility index (Phi) is 5.18. The van der Waals surface area contributed by atoms with Crippen molar-refractivity contribution < 1.29 is 9.26 Å². The van der Waals surface area contributed by atoms with Crippen molar-refractivity contribution in [3.8, 4) is 11.4 Å². The van der Waals surface area contributed by atoms with Crippen molar-refractivity contribution in [2.45, 2.75) is 40.0 Å². The first-order valence-corrected chi connectivity index (χ1v) is 8.73. The molecular formula is C19H25N3O3. The number of aryl methyl sites for hydroxylation is 1. The highest BCUT2D eigenvalue weighted by molar-refractivity contribution is 5.56. The average molecular weight is 343 g/mol. The first-order valence-electron chi connectivity index (χ1n) is 8.73. The molecule has 1 atom stereocenters. The van der Waals surface area contributed by atoms with Gasteiger partial charge in [-0.25, -0.2) is 0 Å². The van der Waals surface area contributed by atoms with Gasteiger partial charge in [0.2, 0.25) is 5.82 Å². The number of rotatable bonds is 5. The number of aromatic nitrogens is 3. The van der Waals surface area contributed by atoms with Gasteiger partial charge in [-0.2, -0.15) is 4.98 Å². The molecule has 2 aromatic heterocycles. The van der Waals surface area contributed by atoms with E-state index in [1.807, 2.05) is 13.0 Å². The summed E-state index contributed by atoms with van der Waals surface area (Å²) in [6, 6.07) is 1.93. The Labute approximate surface area is 147 Å². The van der Waals surface area contributed by atoms with Crippen LogP contribution in [0.4, 0.5) is 0 Å². The summed E-state index contributed by atoms with van der Waals surface area (Å²) in [5.41, 5.74) is 3.52. The number of hydrogen-bond donors (Lipinski definition) is 1. The maximum Gasteiger partial charge on any atom is 0.259 e. The van der Waals surface area contributed by atoms with Gasteiger partial charge in [0.05, 0.1) is 12.2 Å². The SMILES string of the molecule is COC/C(C)=C/c1nc(-c2cc3c([nH]c2=O)CCC(C(C)C)C3)no1. The molecule has 0 spiro atoms. The number of pyridine rings is 1. The highest BCUT2D eigenvalue weighted by Crippen LogP contribution is 2.30. The summed E-state index contributed by atoms with van der Waals surface area (Å²) in [7, 11) is 1.63. The van der Waals surface area contributed by atoms with E-state index < -0.39 is 0 Å². The largest absolute Gasteiger partial charge is 0.380 e. The third-order valence-corrected chi connectivity index (χ3v) is 4.83. The molecule has 0 aliphatic heterocycles. The smallest absolute Gasteiger partial charge is 0.259 e. The van der Waals surface area contributed by atoms with Crippen LogP contribution in [-0.2, 0) is 17.6 Å². The van der Waals surface area contributed by atoms with Crippen molar-refractivity contribution >= 4 is 6.08 Å². The maximum atomic E-state index is 12.4. The summed E-state index contributed by atoms with van der Waals surface area (Å²) < 4.78 is 10.3. The maximum absolute atomic E-state index is 12.4. The van der Waals surface area contributed by atoms with E-state index in [4.69, 9.17) is 9.26 Å². The Balaban J connectivity index is 1.91. The normalized spacial score (nSPS) is 17.8. The van der Waals surface area contributed by atoms with Gasteiger partial charge in [-0.05, 0) is 55.2 Å². The summed E-state index contributed by atoms with van der Waals surface area (Å²) >= 11 is 0. The van der Waals surface area contributed by atoms with Gasteiger partial charge < -0.3 is 14.2 Å². The van der Waals surface area contributed by atoms with E-state index in [0.717, 1.165) is 30.5 Å². The quantitative estimate of drug-likeness (QED) is 0.901. The zero-order valence-electron chi connectivity index (χ0n) is 15.3. The second-order valence-electron chi connectivity index (χ2n) is 7.14. The molecule has 3 rings (SSSR count). The zero-order chi connectivity index (χ0) is 18.0. The number of nitrogens with zero attached hydrogens (tertiary/aromatic N) is 2. The summed E-state index contributed by atoms with van der Waals surface area (Å²) in [5, 5.41) is 3.97. The highest BCUT2D eigenvalue weighted by atomic mass is 16.5. The first kappa shape index (κ1) is 17.6. The molecule has 6 heteroatoms. The Morgan fingerprint density at radius 2 is 2.32 bits per heavy atom. The predicted octanol–water partition coefficient (Wildman–Crippen LogP) is 3.24. The predicted molar refractivity (Wildman–Crippen MR) is 96.2 cm³/mol. The number of aromatic amines is 1. The molecule has 0 radical (unpaired) electrons. The van der Waals surface area contributed by atoms with E-state index >= 15 is 0 Å². The molecule has 0 bridgehead atoms. The van der Waals surface area contributed by atoms with Crippen molar-refractivity contribution in [2.24, 2.45) is 11.8 Å². The van der Waals surface area contributed by atoms with Gasteiger partial charge in [0.1, 0.15) is 0 Å². The monoisotopic (exact) mass is 343 g/mol. The second-order valence-corrected chi connectivity index (χ2v) is 7.14. The van der Waals surface area contributed by atoms with Gasteiger partial charge in [-0.15, -0.1) is 0 Å². The van der Waals surface area contributed by atoms with Crippen LogP contribution >= 0.6 is 0 Å². The molecule has 134 valence electrons. The third kappa shape index (κ3) is 3.90. The van der Waals surface area contributed by atoms with E-state index in [2.05, 4.69) is 29.0 Å². The van der Waals surface area contributed by atoms with Crippen LogP contribution in [0.15, 0.2) is 21.0 Å². The molecule has 0 saturated heterocycles.